The molecule has 1 aliphatic rings. The van der Waals surface area contributed by atoms with Crippen LogP contribution in [-0.2, 0) is 9.31 Å². The van der Waals surface area contributed by atoms with Gasteiger partial charge in [0.2, 0.25) is 0 Å². The van der Waals surface area contributed by atoms with Crippen LogP contribution in [0.25, 0.3) is 0 Å². The maximum atomic E-state index is 14.5. The monoisotopic (exact) mass is 342 g/mol. The van der Waals surface area contributed by atoms with Gasteiger partial charge in [-0.1, -0.05) is 36.4 Å². The Kier molecular flexibility index (Phi) is 4.65. The second-order valence-corrected chi connectivity index (χ2v) is 7.45. The number of hydrogen-bond acceptors (Lipinski definition) is 3. The van der Waals surface area contributed by atoms with Crippen LogP contribution in [0.4, 0.5) is 4.39 Å². The van der Waals surface area contributed by atoms with Gasteiger partial charge in [0.1, 0.15) is 6.10 Å². The molecule has 0 spiro atoms. The quantitative estimate of drug-likeness (QED) is 0.777. The predicted molar refractivity (Wildman–Crippen MR) is 97.6 cm³/mol. The first-order chi connectivity index (χ1) is 11.7. The molecule has 1 aliphatic heterocycles. The van der Waals surface area contributed by atoms with E-state index in [1.54, 1.807) is 12.1 Å². The van der Waals surface area contributed by atoms with Crippen molar-refractivity contribution in [3.63, 3.8) is 0 Å². The van der Waals surface area contributed by atoms with Gasteiger partial charge in [-0.2, -0.15) is 0 Å². The van der Waals surface area contributed by atoms with E-state index in [1.807, 2.05) is 65.0 Å². The molecular weight excluding hydrogens is 318 g/mol. The molecule has 132 valence electrons. The Bertz CT molecular complexity index is 730. The summed E-state index contributed by atoms with van der Waals surface area (Å²) in [6, 6.07) is 14.6. The smallest absolute Gasteiger partial charge is 0.483 e. The van der Waals surface area contributed by atoms with Gasteiger partial charge in [0.05, 0.1) is 11.2 Å². The molecule has 1 unspecified atom stereocenters. The van der Waals surface area contributed by atoms with E-state index in [-0.39, 0.29) is 11.9 Å². The van der Waals surface area contributed by atoms with E-state index in [0.717, 1.165) is 5.56 Å². The highest BCUT2D eigenvalue weighted by Crippen LogP contribution is 2.36. The number of ether oxygens (including phenoxy) is 1. The topological polar surface area (TPSA) is 27.7 Å². The third-order valence-corrected chi connectivity index (χ3v) is 5.05. The number of hydrogen-bond donors (Lipinski definition) is 0. The molecule has 0 aliphatic carbocycles. The highest BCUT2D eigenvalue weighted by atomic mass is 19.1. The zero-order chi connectivity index (χ0) is 18.2. The van der Waals surface area contributed by atoms with Crippen molar-refractivity contribution in [1.82, 2.24) is 0 Å². The molecule has 0 bridgehead atoms. The van der Waals surface area contributed by atoms with Crippen LogP contribution in [0.15, 0.2) is 48.5 Å². The first-order valence-electron chi connectivity index (χ1n) is 8.56. The van der Waals surface area contributed by atoms with Crippen molar-refractivity contribution < 1.29 is 18.4 Å². The lowest BCUT2D eigenvalue weighted by Gasteiger charge is -2.32. The summed E-state index contributed by atoms with van der Waals surface area (Å²) in [5.74, 6) is -0.202. The molecule has 5 heteroatoms. The Hall–Kier alpha value is -1.85. The summed E-state index contributed by atoms with van der Waals surface area (Å²) in [4.78, 5) is 0. The summed E-state index contributed by atoms with van der Waals surface area (Å²) in [5, 5.41) is 0. The third-order valence-electron chi connectivity index (χ3n) is 5.05. The minimum absolute atomic E-state index is 0.219. The first-order valence-corrected chi connectivity index (χ1v) is 8.56. The Morgan fingerprint density at radius 3 is 2.12 bits per heavy atom. The van der Waals surface area contributed by atoms with Gasteiger partial charge in [0.25, 0.3) is 0 Å². The SMILES string of the molecule is CC(Oc1ccc(B2OC(C)(C)C(C)(C)O2)cc1F)c1ccccc1. The van der Waals surface area contributed by atoms with Crippen molar-refractivity contribution in [2.24, 2.45) is 0 Å². The molecule has 0 N–H and O–H groups in total. The Morgan fingerprint density at radius 1 is 0.960 bits per heavy atom. The fourth-order valence-electron chi connectivity index (χ4n) is 2.72. The molecule has 0 aromatic heterocycles. The van der Waals surface area contributed by atoms with E-state index in [4.69, 9.17) is 14.0 Å². The molecule has 25 heavy (non-hydrogen) atoms. The summed E-state index contributed by atoms with van der Waals surface area (Å²) in [6.07, 6.45) is -0.238. The van der Waals surface area contributed by atoms with Gasteiger partial charge >= 0.3 is 7.12 Å². The normalized spacial score (nSPS) is 19.7. The summed E-state index contributed by atoms with van der Waals surface area (Å²) >= 11 is 0. The summed E-state index contributed by atoms with van der Waals surface area (Å²) in [6.45, 7) is 9.80. The van der Waals surface area contributed by atoms with Gasteiger partial charge in [0, 0.05) is 0 Å². The van der Waals surface area contributed by atoms with Crippen molar-refractivity contribution >= 4 is 12.6 Å². The van der Waals surface area contributed by atoms with E-state index >= 15 is 0 Å². The van der Waals surface area contributed by atoms with Crippen LogP contribution in [0.2, 0.25) is 0 Å². The minimum Gasteiger partial charge on any atom is -0.483 e. The summed E-state index contributed by atoms with van der Waals surface area (Å²) < 4.78 is 32.2. The van der Waals surface area contributed by atoms with Crippen LogP contribution in [0.3, 0.4) is 0 Å². The largest absolute Gasteiger partial charge is 0.494 e. The molecule has 0 amide bonds. The van der Waals surface area contributed by atoms with Gasteiger partial charge in [0.15, 0.2) is 11.6 Å². The zero-order valence-corrected chi connectivity index (χ0v) is 15.4. The van der Waals surface area contributed by atoms with Crippen LogP contribution in [-0.4, -0.2) is 18.3 Å². The van der Waals surface area contributed by atoms with Gasteiger partial charge < -0.3 is 14.0 Å². The van der Waals surface area contributed by atoms with Crippen LogP contribution in [0, 0.1) is 5.82 Å². The molecular formula is C20H24BFO3. The Morgan fingerprint density at radius 2 is 1.56 bits per heavy atom. The summed E-state index contributed by atoms with van der Waals surface area (Å²) in [7, 11) is -0.583. The van der Waals surface area contributed by atoms with Crippen molar-refractivity contribution in [1.29, 1.82) is 0 Å². The van der Waals surface area contributed by atoms with E-state index in [0.29, 0.717) is 5.46 Å². The van der Waals surface area contributed by atoms with Crippen molar-refractivity contribution in [2.75, 3.05) is 0 Å². The van der Waals surface area contributed by atoms with Crippen LogP contribution >= 0.6 is 0 Å². The van der Waals surface area contributed by atoms with Gasteiger partial charge in [-0.05, 0) is 57.8 Å². The zero-order valence-electron chi connectivity index (χ0n) is 15.4. The first kappa shape index (κ1) is 18.0. The Balaban J connectivity index is 1.76. The highest BCUT2D eigenvalue weighted by molar-refractivity contribution is 6.62. The highest BCUT2D eigenvalue weighted by Gasteiger charge is 2.51. The molecule has 3 rings (SSSR count). The second-order valence-electron chi connectivity index (χ2n) is 7.45. The number of benzene rings is 2. The maximum absolute atomic E-state index is 14.5. The number of rotatable bonds is 4. The second kappa shape index (κ2) is 6.47. The lowest BCUT2D eigenvalue weighted by Crippen LogP contribution is -2.41. The molecule has 0 radical (unpaired) electrons. The van der Waals surface area contributed by atoms with Gasteiger partial charge in [-0.15, -0.1) is 0 Å². The minimum atomic E-state index is -0.583. The molecule has 2 aromatic rings. The molecule has 1 atom stereocenters. The fraction of sp³-hybridized carbons (Fsp3) is 0.400. The lowest BCUT2D eigenvalue weighted by molar-refractivity contribution is 0.00578. The lowest BCUT2D eigenvalue weighted by atomic mass is 9.79. The van der Waals surface area contributed by atoms with E-state index < -0.39 is 24.1 Å². The molecule has 1 heterocycles. The fourth-order valence-corrected chi connectivity index (χ4v) is 2.72. The Labute approximate surface area is 149 Å². The summed E-state index contributed by atoms with van der Waals surface area (Å²) in [5.41, 5.74) is 0.740. The van der Waals surface area contributed by atoms with E-state index in [1.165, 1.54) is 6.07 Å². The average molecular weight is 342 g/mol. The maximum Gasteiger partial charge on any atom is 0.494 e. The van der Waals surface area contributed by atoms with Crippen LogP contribution < -0.4 is 10.2 Å². The van der Waals surface area contributed by atoms with Crippen molar-refractivity contribution in [3.05, 3.63) is 59.9 Å². The molecule has 1 saturated heterocycles. The van der Waals surface area contributed by atoms with Gasteiger partial charge in [-0.3, -0.25) is 0 Å². The number of halogens is 1. The van der Waals surface area contributed by atoms with E-state index in [9.17, 15) is 4.39 Å². The van der Waals surface area contributed by atoms with Crippen molar-refractivity contribution in [3.8, 4) is 5.75 Å². The van der Waals surface area contributed by atoms with Crippen LogP contribution in [0.5, 0.6) is 5.75 Å². The van der Waals surface area contributed by atoms with Crippen molar-refractivity contribution in [2.45, 2.75) is 51.9 Å². The standard InChI is InChI=1S/C20H24BFO3/c1-14(15-9-7-6-8-10-15)23-18-12-11-16(13-17(18)22)21-24-19(2,3)20(4,5)25-21/h6-14H,1-5H3. The van der Waals surface area contributed by atoms with Crippen LogP contribution in [0.1, 0.15) is 46.3 Å². The molecule has 3 nitrogen and oxygen atoms in total. The molecule has 1 fully saturated rings. The molecule has 0 saturated carbocycles. The van der Waals surface area contributed by atoms with Gasteiger partial charge in [-0.25, -0.2) is 4.39 Å². The average Bonchev–Trinajstić information content (AvgIpc) is 2.78. The predicted octanol–water partition coefficient (Wildman–Crippen LogP) is 4.26. The third kappa shape index (κ3) is 3.58. The molecule has 2 aromatic carbocycles. The van der Waals surface area contributed by atoms with E-state index in [2.05, 4.69) is 0 Å².